The molecule has 0 aliphatic rings. The van der Waals surface area contributed by atoms with E-state index in [1.807, 2.05) is 0 Å². The third-order valence-corrected chi connectivity index (χ3v) is 3.58. The standard InChI is InChI=1S/C15H9F2NO6S/c1-2-7-3-9(24-25(20,21)22)6-12-14(7)23-15(18-12)8-4-10(16)13(19)11(17)5-8/h2-6,19H,1H2,(H,20,21,22). The number of phenols is 1. The highest BCUT2D eigenvalue weighted by Crippen LogP contribution is 2.33. The number of hydrogen-bond acceptors (Lipinski definition) is 6. The Morgan fingerprint density at radius 3 is 2.40 bits per heavy atom. The van der Waals surface area contributed by atoms with Crippen molar-refractivity contribution >= 4 is 27.6 Å². The van der Waals surface area contributed by atoms with Crippen LogP contribution < -0.4 is 4.18 Å². The number of nitrogens with zero attached hydrogens (tertiary/aromatic N) is 1. The maximum absolute atomic E-state index is 13.5. The first kappa shape index (κ1) is 16.9. The summed E-state index contributed by atoms with van der Waals surface area (Å²) in [6.45, 7) is 3.53. The Morgan fingerprint density at radius 1 is 1.20 bits per heavy atom. The molecule has 0 amide bonds. The second-order valence-electron chi connectivity index (χ2n) is 4.88. The zero-order chi connectivity index (χ0) is 18.4. The summed E-state index contributed by atoms with van der Waals surface area (Å²) in [4.78, 5) is 4.01. The van der Waals surface area contributed by atoms with E-state index in [9.17, 15) is 17.2 Å². The van der Waals surface area contributed by atoms with E-state index in [1.165, 1.54) is 12.1 Å². The quantitative estimate of drug-likeness (QED) is 0.679. The van der Waals surface area contributed by atoms with Crippen LogP contribution in [-0.4, -0.2) is 23.1 Å². The van der Waals surface area contributed by atoms with E-state index in [-0.39, 0.29) is 33.9 Å². The molecule has 1 heterocycles. The lowest BCUT2D eigenvalue weighted by molar-refractivity contribution is 0.387. The number of benzene rings is 2. The molecule has 2 aromatic carbocycles. The van der Waals surface area contributed by atoms with Gasteiger partial charge in [0.25, 0.3) is 0 Å². The second-order valence-corrected chi connectivity index (χ2v) is 5.91. The molecule has 2 N–H and O–H groups in total. The maximum atomic E-state index is 13.5. The monoisotopic (exact) mass is 369 g/mol. The summed E-state index contributed by atoms with van der Waals surface area (Å²) in [6.07, 6.45) is 1.31. The number of phenolic OH excluding ortho intramolecular Hbond substituents is 1. The molecule has 0 spiro atoms. The van der Waals surface area contributed by atoms with Crippen LogP contribution in [-0.2, 0) is 10.4 Å². The van der Waals surface area contributed by atoms with Crippen LogP contribution in [0.4, 0.5) is 8.78 Å². The van der Waals surface area contributed by atoms with E-state index in [1.54, 1.807) is 0 Å². The molecule has 0 unspecified atom stereocenters. The largest absolute Gasteiger partial charge is 0.503 e. The molecule has 130 valence electrons. The van der Waals surface area contributed by atoms with Gasteiger partial charge >= 0.3 is 10.4 Å². The van der Waals surface area contributed by atoms with Crippen LogP contribution in [0.5, 0.6) is 11.5 Å². The molecule has 0 saturated heterocycles. The molecular weight excluding hydrogens is 360 g/mol. The molecule has 3 aromatic rings. The molecule has 0 radical (unpaired) electrons. The Morgan fingerprint density at radius 2 is 1.84 bits per heavy atom. The van der Waals surface area contributed by atoms with E-state index >= 15 is 0 Å². The molecule has 1 aromatic heterocycles. The highest BCUT2D eigenvalue weighted by molar-refractivity contribution is 7.81. The second kappa shape index (κ2) is 5.83. The third-order valence-electron chi connectivity index (χ3n) is 3.18. The molecule has 10 heteroatoms. The van der Waals surface area contributed by atoms with Gasteiger partial charge in [0.1, 0.15) is 11.3 Å². The average Bonchev–Trinajstić information content (AvgIpc) is 2.93. The average molecular weight is 369 g/mol. The predicted molar refractivity (Wildman–Crippen MR) is 83.3 cm³/mol. The Labute approximate surface area is 139 Å². The van der Waals surface area contributed by atoms with Crippen LogP contribution >= 0.6 is 0 Å². The summed E-state index contributed by atoms with van der Waals surface area (Å²) in [5, 5.41) is 9.13. The van der Waals surface area contributed by atoms with Gasteiger partial charge in [-0.05, 0) is 18.2 Å². The topological polar surface area (TPSA) is 110 Å². The number of aromatic nitrogens is 1. The fourth-order valence-corrected chi connectivity index (χ4v) is 2.51. The van der Waals surface area contributed by atoms with Gasteiger partial charge in [0.2, 0.25) is 5.89 Å². The van der Waals surface area contributed by atoms with Crippen molar-refractivity contribution in [3.8, 4) is 23.0 Å². The number of rotatable bonds is 4. The molecule has 0 bridgehead atoms. The van der Waals surface area contributed by atoms with E-state index in [4.69, 9.17) is 14.1 Å². The zero-order valence-electron chi connectivity index (χ0n) is 12.2. The molecule has 0 fully saturated rings. The fourth-order valence-electron chi connectivity index (χ4n) is 2.17. The van der Waals surface area contributed by atoms with Gasteiger partial charge in [-0.15, -0.1) is 0 Å². The maximum Gasteiger partial charge on any atom is 0.446 e. The summed E-state index contributed by atoms with van der Waals surface area (Å²) >= 11 is 0. The minimum Gasteiger partial charge on any atom is -0.503 e. The van der Waals surface area contributed by atoms with Crippen molar-refractivity contribution in [1.29, 1.82) is 0 Å². The molecule has 0 aliphatic heterocycles. The summed E-state index contributed by atoms with van der Waals surface area (Å²) in [5.41, 5.74) is 0.437. The molecule has 0 aliphatic carbocycles. The van der Waals surface area contributed by atoms with Gasteiger partial charge in [0, 0.05) is 17.2 Å². The first-order chi connectivity index (χ1) is 11.7. The van der Waals surface area contributed by atoms with Crippen molar-refractivity contribution in [2.24, 2.45) is 0 Å². The van der Waals surface area contributed by atoms with Crippen LogP contribution in [0.1, 0.15) is 5.56 Å². The Hall–Kier alpha value is -2.98. The van der Waals surface area contributed by atoms with Crippen LogP contribution in [0, 0.1) is 11.6 Å². The Bertz CT molecular complexity index is 1080. The number of oxazole rings is 1. The number of hydrogen-bond donors (Lipinski definition) is 2. The summed E-state index contributed by atoms with van der Waals surface area (Å²) in [5.74, 6) is -3.96. The van der Waals surface area contributed by atoms with Crippen LogP contribution in [0.2, 0.25) is 0 Å². The smallest absolute Gasteiger partial charge is 0.446 e. The lowest BCUT2D eigenvalue weighted by Crippen LogP contribution is -2.06. The number of fused-ring (bicyclic) bond motifs is 1. The highest BCUT2D eigenvalue weighted by atomic mass is 32.3. The van der Waals surface area contributed by atoms with Gasteiger partial charge < -0.3 is 13.7 Å². The summed E-state index contributed by atoms with van der Waals surface area (Å²) in [6, 6.07) is 4.02. The lowest BCUT2D eigenvalue weighted by Gasteiger charge is -2.02. The fraction of sp³-hybridized carbons (Fsp3) is 0. The van der Waals surface area contributed by atoms with Crippen molar-refractivity contribution in [2.45, 2.75) is 0 Å². The molecular formula is C15H9F2NO6S. The lowest BCUT2D eigenvalue weighted by atomic mass is 10.2. The predicted octanol–water partition coefficient (Wildman–Crippen LogP) is 3.30. The normalized spacial score (nSPS) is 11.6. The minimum absolute atomic E-state index is 0.0868. The zero-order valence-corrected chi connectivity index (χ0v) is 13.0. The van der Waals surface area contributed by atoms with E-state index in [2.05, 4.69) is 15.7 Å². The summed E-state index contributed by atoms with van der Waals surface area (Å²) < 4.78 is 67.2. The third kappa shape index (κ3) is 3.30. The van der Waals surface area contributed by atoms with E-state index in [0.717, 1.165) is 18.2 Å². The van der Waals surface area contributed by atoms with Gasteiger partial charge in [-0.2, -0.15) is 8.42 Å². The number of halogens is 2. The Balaban J connectivity index is 2.18. The molecule has 0 atom stereocenters. The molecule has 0 saturated carbocycles. The van der Waals surface area contributed by atoms with Gasteiger partial charge in [0.15, 0.2) is 23.0 Å². The summed E-state index contributed by atoms with van der Waals surface area (Å²) in [7, 11) is -4.75. The highest BCUT2D eigenvalue weighted by Gasteiger charge is 2.18. The first-order valence-electron chi connectivity index (χ1n) is 6.60. The minimum atomic E-state index is -4.75. The first-order valence-corrected chi connectivity index (χ1v) is 7.97. The van der Waals surface area contributed by atoms with Crippen LogP contribution in [0.15, 0.2) is 35.3 Å². The molecule has 7 nitrogen and oxygen atoms in total. The Kier molecular flexibility index (Phi) is 3.93. The van der Waals surface area contributed by atoms with Crippen LogP contribution in [0.25, 0.3) is 28.6 Å². The SMILES string of the molecule is C=Cc1cc(OS(=O)(=O)O)cc2nc(-c3cc(F)c(O)c(F)c3)oc12. The van der Waals surface area contributed by atoms with Gasteiger partial charge in [-0.1, -0.05) is 12.7 Å². The van der Waals surface area contributed by atoms with Gasteiger partial charge in [0.05, 0.1) is 0 Å². The van der Waals surface area contributed by atoms with Crippen molar-refractivity contribution in [2.75, 3.05) is 0 Å². The molecule has 3 rings (SSSR count). The van der Waals surface area contributed by atoms with Crippen molar-refractivity contribution in [3.05, 3.63) is 48.0 Å². The van der Waals surface area contributed by atoms with Gasteiger partial charge in [-0.3, -0.25) is 4.55 Å². The van der Waals surface area contributed by atoms with Gasteiger partial charge in [-0.25, -0.2) is 13.8 Å². The number of aromatic hydroxyl groups is 1. The van der Waals surface area contributed by atoms with Crippen LogP contribution in [0.3, 0.4) is 0 Å². The van der Waals surface area contributed by atoms with Crippen molar-refractivity contribution in [3.63, 3.8) is 0 Å². The van der Waals surface area contributed by atoms with Crippen molar-refractivity contribution in [1.82, 2.24) is 4.98 Å². The van der Waals surface area contributed by atoms with E-state index < -0.39 is 27.8 Å². The van der Waals surface area contributed by atoms with E-state index in [0.29, 0.717) is 0 Å². The molecule has 25 heavy (non-hydrogen) atoms. The van der Waals surface area contributed by atoms with Crippen molar-refractivity contribution < 1.29 is 35.5 Å².